The van der Waals surface area contributed by atoms with Gasteiger partial charge in [0, 0.05) is 19.3 Å². The van der Waals surface area contributed by atoms with Gasteiger partial charge in [0.2, 0.25) is 5.91 Å². The summed E-state index contributed by atoms with van der Waals surface area (Å²) >= 11 is 1.21. The zero-order chi connectivity index (χ0) is 17.2. The van der Waals surface area contributed by atoms with E-state index in [9.17, 15) is 13.2 Å². The zero-order valence-corrected chi connectivity index (χ0v) is 14.8. The maximum absolute atomic E-state index is 12.8. The fourth-order valence-corrected chi connectivity index (χ4v) is 5.38. The molecule has 0 saturated heterocycles. The molecular formula is C16H18N2O4S2. The molecule has 0 fully saturated rings. The van der Waals surface area contributed by atoms with Crippen molar-refractivity contribution in [2.75, 3.05) is 29.9 Å². The van der Waals surface area contributed by atoms with Gasteiger partial charge < -0.3 is 10.1 Å². The maximum Gasteiger partial charge on any atom is 0.273 e. The summed E-state index contributed by atoms with van der Waals surface area (Å²) < 4.78 is 32.2. The third-order valence-corrected chi connectivity index (χ3v) is 6.94. The molecule has 3 rings (SSSR count). The highest BCUT2D eigenvalue weighted by Crippen LogP contribution is 2.34. The molecule has 0 radical (unpaired) electrons. The Balaban J connectivity index is 1.90. The predicted molar refractivity (Wildman–Crippen MR) is 94.1 cm³/mol. The second-order valence-corrected chi connectivity index (χ2v) is 8.47. The van der Waals surface area contributed by atoms with Gasteiger partial charge in [0.25, 0.3) is 10.0 Å². The van der Waals surface area contributed by atoms with Crippen molar-refractivity contribution in [1.82, 2.24) is 0 Å². The molecule has 24 heavy (non-hydrogen) atoms. The van der Waals surface area contributed by atoms with Crippen molar-refractivity contribution in [3.63, 3.8) is 0 Å². The van der Waals surface area contributed by atoms with Gasteiger partial charge >= 0.3 is 0 Å². The van der Waals surface area contributed by atoms with Crippen molar-refractivity contribution >= 4 is 38.6 Å². The molecule has 2 aromatic rings. The lowest BCUT2D eigenvalue weighted by Gasteiger charge is -2.30. The van der Waals surface area contributed by atoms with Gasteiger partial charge in [0.05, 0.1) is 5.69 Å². The van der Waals surface area contributed by atoms with Crippen molar-refractivity contribution in [2.45, 2.75) is 17.1 Å². The maximum atomic E-state index is 12.8. The number of benzene rings is 1. The molecule has 128 valence electrons. The van der Waals surface area contributed by atoms with Gasteiger partial charge in [-0.2, -0.15) is 0 Å². The number of hydrogen-bond acceptors (Lipinski definition) is 5. The standard InChI is InChI=1S/C16H18N2O4S2/c1-22-11-15(19)17-13-6-7-14-12(10-13)4-2-8-18(14)24(20,21)16-5-3-9-23-16/h3,5-7,9-10H,2,4,8,11H2,1H3,(H,17,19). The third kappa shape index (κ3) is 3.31. The lowest BCUT2D eigenvalue weighted by Crippen LogP contribution is -2.35. The van der Waals surface area contributed by atoms with E-state index in [0.29, 0.717) is 22.1 Å². The van der Waals surface area contributed by atoms with Crippen LogP contribution in [0.5, 0.6) is 0 Å². The first kappa shape index (κ1) is 16.9. The van der Waals surface area contributed by atoms with Gasteiger partial charge in [-0.25, -0.2) is 8.42 Å². The fourth-order valence-electron chi connectivity index (χ4n) is 2.74. The topological polar surface area (TPSA) is 75.7 Å². The van der Waals surface area contributed by atoms with Gasteiger partial charge in [-0.15, -0.1) is 11.3 Å². The van der Waals surface area contributed by atoms with Crippen molar-refractivity contribution < 1.29 is 17.9 Å². The minimum Gasteiger partial charge on any atom is -0.375 e. The van der Waals surface area contributed by atoms with E-state index in [2.05, 4.69) is 5.32 Å². The molecule has 1 aliphatic heterocycles. The minimum absolute atomic E-state index is 0.0179. The average molecular weight is 366 g/mol. The number of rotatable bonds is 5. The molecule has 0 aliphatic carbocycles. The number of carbonyl (C=O) groups excluding carboxylic acids is 1. The van der Waals surface area contributed by atoms with E-state index in [1.54, 1.807) is 29.6 Å². The first-order valence-corrected chi connectivity index (χ1v) is 9.82. The van der Waals surface area contributed by atoms with Crippen molar-refractivity contribution in [1.29, 1.82) is 0 Å². The highest BCUT2D eigenvalue weighted by atomic mass is 32.2. The van der Waals surface area contributed by atoms with Gasteiger partial charge in [-0.3, -0.25) is 9.10 Å². The Kier molecular flexibility index (Phi) is 4.88. The van der Waals surface area contributed by atoms with E-state index < -0.39 is 10.0 Å². The molecule has 0 bridgehead atoms. The fraction of sp³-hybridized carbons (Fsp3) is 0.312. The van der Waals surface area contributed by atoms with Crippen LogP contribution in [0.1, 0.15) is 12.0 Å². The van der Waals surface area contributed by atoms with E-state index in [1.165, 1.54) is 22.8 Å². The predicted octanol–water partition coefficient (Wildman–Crippen LogP) is 2.47. The SMILES string of the molecule is COCC(=O)Nc1ccc2c(c1)CCCN2S(=O)(=O)c1cccs1. The number of methoxy groups -OCH3 is 1. The summed E-state index contributed by atoms with van der Waals surface area (Å²) in [7, 11) is -2.07. The molecular weight excluding hydrogens is 348 g/mol. The van der Waals surface area contributed by atoms with Crippen LogP contribution in [0.15, 0.2) is 39.9 Å². The highest BCUT2D eigenvalue weighted by molar-refractivity contribution is 7.94. The molecule has 0 atom stereocenters. The molecule has 0 spiro atoms. The monoisotopic (exact) mass is 366 g/mol. The number of thiophene rings is 1. The van der Waals surface area contributed by atoms with Gasteiger partial charge in [0.15, 0.2) is 0 Å². The molecule has 1 N–H and O–H groups in total. The first-order valence-electron chi connectivity index (χ1n) is 7.50. The van der Waals surface area contributed by atoms with Gasteiger partial charge in [-0.1, -0.05) is 6.07 Å². The summed E-state index contributed by atoms with van der Waals surface area (Å²) in [6.45, 7) is 0.443. The van der Waals surface area contributed by atoms with Crippen LogP contribution in [0.2, 0.25) is 0 Å². The Morgan fingerprint density at radius 1 is 1.38 bits per heavy atom. The molecule has 6 nitrogen and oxygen atoms in total. The van der Waals surface area contributed by atoms with Crippen LogP contribution < -0.4 is 9.62 Å². The van der Waals surface area contributed by atoms with Gasteiger partial charge in [-0.05, 0) is 48.1 Å². The van der Waals surface area contributed by atoms with Crippen LogP contribution in [-0.2, 0) is 26.0 Å². The number of hydrogen-bond donors (Lipinski definition) is 1. The third-order valence-electron chi connectivity index (χ3n) is 3.75. The average Bonchev–Trinajstić information content (AvgIpc) is 3.09. The van der Waals surface area contributed by atoms with Crippen molar-refractivity contribution in [3.05, 3.63) is 41.3 Å². The van der Waals surface area contributed by atoms with Crippen molar-refractivity contribution in [2.24, 2.45) is 0 Å². The molecule has 0 unspecified atom stereocenters. The molecule has 1 aromatic carbocycles. The summed E-state index contributed by atoms with van der Waals surface area (Å²) in [6.07, 6.45) is 1.52. The largest absolute Gasteiger partial charge is 0.375 e. The van der Waals surface area contributed by atoms with Crippen LogP contribution in [0, 0.1) is 0 Å². The summed E-state index contributed by atoms with van der Waals surface area (Å²) in [5.74, 6) is -0.240. The number of aryl methyl sites for hydroxylation is 1. The second-order valence-electron chi connectivity index (χ2n) is 5.44. The molecule has 2 heterocycles. The first-order chi connectivity index (χ1) is 11.5. The Morgan fingerprint density at radius 3 is 2.92 bits per heavy atom. The summed E-state index contributed by atoms with van der Waals surface area (Å²) in [5.41, 5.74) is 2.24. The lowest BCUT2D eigenvalue weighted by atomic mass is 10.0. The van der Waals surface area contributed by atoms with E-state index in [4.69, 9.17) is 4.74 Å². The zero-order valence-electron chi connectivity index (χ0n) is 13.2. The highest BCUT2D eigenvalue weighted by Gasteiger charge is 2.29. The molecule has 0 saturated carbocycles. The van der Waals surface area contributed by atoms with Crippen molar-refractivity contribution in [3.8, 4) is 0 Å². The Bertz CT molecular complexity index is 832. The van der Waals surface area contributed by atoms with E-state index >= 15 is 0 Å². The number of carbonyl (C=O) groups is 1. The Labute approximate surface area is 145 Å². The lowest BCUT2D eigenvalue weighted by molar-refractivity contribution is -0.119. The second kappa shape index (κ2) is 6.92. The number of sulfonamides is 1. The number of nitrogens with zero attached hydrogens (tertiary/aromatic N) is 1. The van der Waals surface area contributed by atoms with Gasteiger partial charge in [0.1, 0.15) is 10.8 Å². The number of nitrogens with one attached hydrogen (secondary N) is 1. The molecule has 1 aromatic heterocycles. The molecule has 8 heteroatoms. The molecule has 1 amide bonds. The number of anilines is 2. The summed E-state index contributed by atoms with van der Waals surface area (Å²) in [4.78, 5) is 11.6. The summed E-state index contributed by atoms with van der Waals surface area (Å²) in [6, 6.07) is 8.65. The van der Waals surface area contributed by atoms with E-state index in [0.717, 1.165) is 18.4 Å². The quantitative estimate of drug-likeness (QED) is 0.882. The van der Waals surface area contributed by atoms with E-state index in [-0.39, 0.29) is 12.5 Å². The number of ether oxygens (including phenoxy) is 1. The van der Waals surface area contributed by atoms with Crippen LogP contribution >= 0.6 is 11.3 Å². The minimum atomic E-state index is -3.53. The Hall–Kier alpha value is -1.90. The number of fused-ring (bicyclic) bond motifs is 1. The number of amides is 1. The van der Waals surface area contributed by atoms with Crippen LogP contribution in [0.4, 0.5) is 11.4 Å². The van der Waals surface area contributed by atoms with E-state index in [1.807, 2.05) is 6.07 Å². The van der Waals surface area contributed by atoms with Crippen LogP contribution in [-0.4, -0.2) is 34.6 Å². The Morgan fingerprint density at radius 2 is 2.21 bits per heavy atom. The van der Waals surface area contributed by atoms with Crippen LogP contribution in [0.25, 0.3) is 0 Å². The molecule has 1 aliphatic rings. The van der Waals surface area contributed by atoms with Crippen LogP contribution in [0.3, 0.4) is 0 Å². The summed E-state index contributed by atoms with van der Waals surface area (Å²) in [5, 5.41) is 4.50. The normalized spacial score (nSPS) is 14.3. The smallest absolute Gasteiger partial charge is 0.273 e.